The fourth-order valence-corrected chi connectivity index (χ4v) is 2.30. The average Bonchev–Trinajstić information content (AvgIpc) is 2.76. The molecule has 1 rings (SSSR count). The van der Waals surface area contributed by atoms with Gasteiger partial charge in [0.15, 0.2) is 0 Å². The van der Waals surface area contributed by atoms with Crippen LogP contribution in [0.4, 0.5) is 0 Å². The number of allylic oxidation sites excluding steroid dienone is 1. The van der Waals surface area contributed by atoms with Crippen LogP contribution in [0.25, 0.3) is 0 Å². The minimum atomic E-state index is 0.496. The zero-order valence-electron chi connectivity index (χ0n) is 9.54. The van der Waals surface area contributed by atoms with Gasteiger partial charge in [-0.05, 0) is 55.1 Å². The molecule has 0 aliphatic rings. The van der Waals surface area contributed by atoms with Crippen LogP contribution in [-0.2, 0) is 0 Å². The first-order chi connectivity index (χ1) is 7.34. The third-order valence-electron chi connectivity index (χ3n) is 2.58. The molecule has 0 aliphatic heterocycles. The van der Waals surface area contributed by atoms with Crippen molar-refractivity contribution in [2.75, 3.05) is 6.54 Å². The van der Waals surface area contributed by atoms with Gasteiger partial charge in [-0.1, -0.05) is 12.5 Å². The van der Waals surface area contributed by atoms with Crippen LogP contribution in [0.1, 0.15) is 44.2 Å². The highest BCUT2D eigenvalue weighted by Gasteiger charge is 2.03. The quantitative estimate of drug-likeness (QED) is 0.516. The summed E-state index contributed by atoms with van der Waals surface area (Å²) in [6, 6.07) is 2.69. The topological polar surface area (TPSA) is 12.0 Å². The number of hydrogen-bond donors (Lipinski definition) is 1. The van der Waals surface area contributed by atoms with Crippen LogP contribution in [0.2, 0.25) is 0 Å². The molecule has 2 heteroatoms. The van der Waals surface area contributed by atoms with Gasteiger partial charge in [0.1, 0.15) is 0 Å². The van der Waals surface area contributed by atoms with Crippen LogP contribution in [0.3, 0.4) is 0 Å². The molecule has 1 aromatic rings. The molecule has 0 radical (unpaired) electrons. The van der Waals surface area contributed by atoms with E-state index in [1.165, 1.54) is 24.8 Å². The molecule has 0 saturated carbocycles. The van der Waals surface area contributed by atoms with E-state index >= 15 is 0 Å². The van der Waals surface area contributed by atoms with E-state index in [4.69, 9.17) is 0 Å². The normalized spacial score (nSPS) is 12.6. The molecule has 1 atom stereocenters. The van der Waals surface area contributed by atoms with Crippen molar-refractivity contribution in [3.63, 3.8) is 0 Å². The van der Waals surface area contributed by atoms with Gasteiger partial charge in [0.25, 0.3) is 0 Å². The molecule has 0 saturated heterocycles. The highest BCUT2D eigenvalue weighted by atomic mass is 32.1. The molecule has 84 valence electrons. The molecule has 0 fully saturated rings. The lowest BCUT2D eigenvalue weighted by Gasteiger charge is -2.11. The Kier molecular flexibility index (Phi) is 6.37. The van der Waals surface area contributed by atoms with E-state index in [9.17, 15) is 0 Å². The second kappa shape index (κ2) is 7.66. The average molecular weight is 223 g/mol. The van der Waals surface area contributed by atoms with E-state index in [2.05, 4.69) is 35.6 Å². The van der Waals surface area contributed by atoms with Crippen LogP contribution in [-0.4, -0.2) is 6.54 Å². The molecule has 0 amide bonds. The summed E-state index contributed by atoms with van der Waals surface area (Å²) in [6.07, 6.45) is 7.00. The lowest BCUT2D eigenvalue weighted by Crippen LogP contribution is -2.19. The number of thiophene rings is 1. The van der Waals surface area contributed by atoms with Gasteiger partial charge in [-0.25, -0.2) is 0 Å². The van der Waals surface area contributed by atoms with Crippen molar-refractivity contribution in [2.45, 2.75) is 38.6 Å². The van der Waals surface area contributed by atoms with E-state index in [1.807, 2.05) is 6.08 Å². The maximum atomic E-state index is 3.73. The fourth-order valence-electron chi connectivity index (χ4n) is 1.55. The van der Waals surface area contributed by atoms with E-state index in [0.29, 0.717) is 6.04 Å². The lowest BCUT2D eigenvalue weighted by molar-refractivity contribution is 0.540. The second-order valence-corrected chi connectivity index (χ2v) is 4.65. The summed E-state index contributed by atoms with van der Waals surface area (Å²) in [5, 5.41) is 7.90. The fraction of sp³-hybridized carbons (Fsp3) is 0.538. The standard InChI is InChI=1S/C13H21NS/c1-3-4-5-6-7-9-14-12(2)13-8-10-15-11-13/h3,8,10-12,14H,1,4-7,9H2,2H3. The molecule has 0 aliphatic carbocycles. The molecule has 15 heavy (non-hydrogen) atoms. The molecular formula is C13H21NS. The molecule has 1 N–H and O–H groups in total. The highest BCUT2D eigenvalue weighted by Crippen LogP contribution is 2.15. The van der Waals surface area contributed by atoms with Crippen LogP contribution >= 0.6 is 11.3 Å². The number of unbranched alkanes of at least 4 members (excludes halogenated alkanes) is 3. The van der Waals surface area contributed by atoms with Crippen molar-refractivity contribution in [1.29, 1.82) is 0 Å². The third-order valence-corrected chi connectivity index (χ3v) is 3.28. The first-order valence-corrected chi connectivity index (χ1v) is 6.65. The van der Waals surface area contributed by atoms with E-state index in [0.717, 1.165) is 13.0 Å². The van der Waals surface area contributed by atoms with Gasteiger partial charge >= 0.3 is 0 Å². The Balaban J connectivity index is 2.02. The monoisotopic (exact) mass is 223 g/mol. The van der Waals surface area contributed by atoms with Gasteiger partial charge in [0.2, 0.25) is 0 Å². The van der Waals surface area contributed by atoms with Gasteiger partial charge < -0.3 is 5.32 Å². The maximum absolute atomic E-state index is 3.73. The lowest BCUT2D eigenvalue weighted by atomic mass is 10.1. The minimum absolute atomic E-state index is 0.496. The highest BCUT2D eigenvalue weighted by molar-refractivity contribution is 7.07. The first kappa shape index (κ1) is 12.5. The summed E-state index contributed by atoms with van der Waals surface area (Å²) in [4.78, 5) is 0. The smallest absolute Gasteiger partial charge is 0.0300 e. The van der Waals surface area contributed by atoms with Crippen molar-refractivity contribution in [3.05, 3.63) is 35.0 Å². The van der Waals surface area contributed by atoms with Gasteiger partial charge in [0, 0.05) is 6.04 Å². The summed E-state index contributed by atoms with van der Waals surface area (Å²) in [5.41, 5.74) is 1.41. The number of hydrogen-bond acceptors (Lipinski definition) is 2. The first-order valence-electron chi connectivity index (χ1n) is 5.71. The van der Waals surface area contributed by atoms with Crippen LogP contribution < -0.4 is 5.32 Å². The van der Waals surface area contributed by atoms with Gasteiger partial charge in [-0.3, -0.25) is 0 Å². The van der Waals surface area contributed by atoms with Crippen LogP contribution in [0.5, 0.6) is 0 Å². The molecular weight excluding hydrogens is 202 g/mol. The number of rotatable bonds is 8. The minimum Gasteiger partial charge on any atom is -0.310 e. The Hall–Kier alpha value is -0.600. The SMILES string of the molecule is C=CCCCCCNC(C)c1ccsc1. The maximum Gasteiger partial charge on any atom is 0.0300 e. The van der Waals surface area contributed by atoms with Gasteiger partial charge in [-0.2, -0.15) is 11.3 Å². The van der Waals surface area contributed by atoms with E-state index < -0.39 is 0 Å². The predicted molar refractivity (Wildman–Crippen MR) is 69.4 cm³/mol. The summed E-state index contributed by atoms with van der Waals surface area (Å²) in [6.45, 7) is 7.07. The summed E-state index contributed by atoms with van der Waals surface area (Å²) in [7, 11) is 0. The zero-order chi connectivity index (χ0) is 10.9. The van der Waals surface area contributed by atoms with Crippen molar-refractivity contribution in [3.8, 4) is 0 Å². The van der Waals surface area contributed by atoms with Crippen LogP contribution in [0, 0.1) is 0 Å². The predicted octanol–water partition coefficient (Wildman–Crippen LogP) is 4.15. The van der Waals surface area contributed by atoms with Gasteiger partial charge in [0.05, 0.1) is 0 Å². The Morgan fingerprint density at radius 2 is 2.33 bits per heavy atom. The Morgan fingerprint density at radius 1 is 1.47 bits per heavy atom. The Labute approximate surface area is 97.2 Å². The summed E-state index contributed by atoms with van der Waals surface area (Å²) in [5.74, 6) is 0. The van der Waals surface area contributed by atoms with E-state index in [1.54, 1.807) is 11.3 Å². The van der Waals surface area contributed by atoms with Crippen molar-refractivity contribution < 1.29 is 0 Å². The van der Waals surface area contributed by atoms with Crippen molar-refractivity contribution >= 4 is 11.3 Å². The van der Waals surface area contributed by atoms with Crippen molar-refractivity contribution in [1.82, 2.24) is 5.32 Å². The zero-order valence-corrected chi connectivity index (χ0v) is 10.4. The molecule has 1 heterocycles. The molecule has 0 aromatic carbocycles. The Bertz CT molecular complexity index is 254. The van der Waals surface area contributed by atoms with Gasteiger partial charge in [-0.15, -0.1) is 6.58 Å². The van der Waals surface area contributed by atoms with E-state index in [-0.39, 0.29) is 0 Å². The second-order valence-electron chi connectivity index (χ2n) is 3.87. The third kappa shape index (κ3) is 5.14. The molecule has 1 aromatic heterocycles. The summed E-state index contributed by atoms with van der Waals surface area (Å²) < 4.78 is 0. The molecule has 1 nitrogen and oxygen atoms in total. The molecule has 0 spiro atoms. The van der Waals surface area contributed by atoms with Crippen LogP contribution in [0.15, 0.2) is 29.5 Å². The number of nitrogens with one attached hydrogen (secondary N) is 1. The largest absolute Gasteiger partial charge is 0.310 e. The van der Waals surface area contributed by atoms with Crippen molar-refractivity contribution in [2.24, 2.45) is 0 Å². The summed E-state index contributed by atoms with van der Waals surface area (Å²) >= 11 is 1.77. The Morgan fingerprint density at radius 3 is 3.00 bits per heavy atom. The molecule has 1 unspecified atom stereocenters. The molecule has 0 bridgehead atoms.